The molecule has 1 heterocycles. The van der Waals surface area contributed by atoms with Crippen LogP contribution in [-0.4, -0.2) is 29.7 Å². The topological polar surface area (TPSA) is 55.8 Å². The molecule has 0 saturated heterocycles. The van der Waals surface area contributed by atoms with Gasteiger partial charge in [0.2, 0.25) is 0 Å². The third kappa shape index (κ3) is 6.20. The van der Waals surface area contributed by atoms with Crippen molar-refractivity contribution in [3.63, 3.8) is 0 Å². The van der Waals surface area contributed by atoms with Gasteiger partial charge in [-0.15, -0.1) is 0 Å². The van der Waals surface area contributed by atoms with Crippen molar-refractivity contribution in [2.75, 3.05) is 6.61 Å². The molecule has 0 unspecified atom stereocenters. The Kier molecular flexibility index (Phi) is 8.36. The maximum Gasteiger partial charge on any atom is 0.162 e. The zero-order chi connectivity index (χ0) is 20.5. The first kappa shape index (κ1) is 21.6. The molecule has 1 fully saturated rings. The summed E-state index contributed by atoms with van der Waals surface area (Å²) in [6.45, 7) is 2.82. The summed E-state index contributed by atoms with van der Waals surface area (Å²) in [6.07, 6.45) is 14.6. The first-order valence-electron chi connectivity index (χ1n) is 11.1. The number of hydrogen-bond donors (Lipinski definition) is 1. The quantitative estimate of drug-likeness (QED) is 0.555. The molecule has 4 nitrogen and oxygen atoms in total. The molecule has 1 aromatic rings. The van der Waals surface area contributed by atoms with Crippen molar-refractivity contribution in [2.24, 2.45) is 11.8 Å². The van der Waals surface area contributed by atoms with Gasteiger partial charge in [-0.2, -0.15) is 0 Å². The normalized spacial score (nSPS) is 30.1. The molecule has 4 heteroatoms. The molecule has 2 aliphatic rings. The Balaban J connectivity index is 1.84. The van der Waals surface area contributed by atoms with E-state index in [0.717, 1.165) is 50.0 Å². The lowest BCUT2D eigenvalue weighted by atomic mass is 9.90. The first-order valence-corrected chi connectivity index (χ1v) is 11.1. The number of allylic oxidation sites excluding steroid dienone is 2. The Morgan fingerprint density at radius 1 is 1.10 bits per heavy atom. The van der Waals surface area contributed by atoms with Gasteiger partial charge >= 0.3 is 0 Å². The maximum absolute atomic E-state index is 12.4. The lowest BCUT2D eigenvalue weighted by molar-refractivity contribution is -0.121. The van der Waals surface area contributed by atoms with Crippen molar-refractivity contribution in [1.29, 1.82) is 0 Å². The van der Waals surface area contributed by atoms with E-state index >= 15 is 0 Å². The molecule has 1 aliphatic heterocycles. The number of benzene rings is 1. The van der Waals surface area contributed by atoms with Crippen LogP contribution >= 0.6 is 0 Å². The lowest BCUT2D eigenvalue weighted by Crippen LogP contribution is -2.20. The maximum atomic E-state index is 12.4. The molecule has 4 atom stereocenters. The number of para-hydroxylation sites is 2. The Hall–Kier alpha value is -2.07. The van der Waals surface area contributed by atoms with Gasteiger partial charge in [0.05, 0.1) is 12.7 Å². The van der Waals surface area contributed by atoms with Crippen LogP contribution in [0, 0.1) is 11.8 Å². The number of carbonyl (C=O) groups is 1. The monoisotopic (exact) mass is 398 g/mol. The summed E-state index contributed by atoms with van der Waals surface area (Å²) in [5.74, 6) is 1.42. The Morgan fingerprint density at radius 3 is 2.76 bits per heavy atom. The number of carbonyl (C=O) groups excluding carboxylic acids is 1. The van der Waals surface area contributed by atoms with E-state index in [0.29, 0.717) is 13.0 Å². The number of aliphatic hydroxyl groups is 1. The second kappa shape index (κ2) is 11.2. The number of aliphatic hydroxyl groups excluding tert-OH is 1. The molecule has 1 N–H and O–H groups in total. The van der Waals surface area contributed by atoms with E-state index < -0.39 is 6.10 Å². The molecule has 158 valence electrons. The summed E-state index contributed by atoms with van der Waals surface area (Å²) in [7, 11) is 0. The fourth-order valence-electron chi connectivity index (χ4n) is 4.14. The lowest BCUT2D eigenvalue weighted by Gasteiger charge is -2.20. The van der Waals surface area contributed by atoms with E-state index in [2.05, 4.69) is 25.2 Å². The highest BCUT2D eigenvalue weighted by molar-refractivity contribution is 5.84. The summed E-state index contributed by atoms with van der Waals surface area (Å²) in [4.78, 5) is 12.4. The van der Waals surface area contributed by atoms with Gasteiger partial charge in [-0.1, -0.05) is 50.1 Å². The van der Waals surface area contributed by atoms with Crippen molar-refractivity contribution in [2.45, 2.75) is 70.5 Å². The van der Waals surface area contributed by atoms with E-state index in [1.807, 2.05) is 30.3 Å². The van der Waals surface area contributed by atoms with Crippen molar-refractivity contribution < 1.29 is 19.4 Å². The molecular formula is C25H34O4. The first-order chi connectivity index (χ1) is 14.2. The molecule has 3 rings (SSSR count). The fraction of sp³-hybridized carbons (Fsp3) is 0.560. The predicted octanol–water partition coefficient (Wildman–Crippen LogP) is 5.26. The van der Waals surface area contributed by atoms with Crippen molar-refractivity contribution >= 4 is 5.78 Å². The average molecular weight is 399 g/mol. The van der Waals surface area contributed by atoms with Crippen LogP contribution in [0.1, 0.15) is 58.3 Å². The van der Waals surface area contributed by atoms with Crippen LogP contribution in [0.25, 0.3) is 0 Å². The molecule has 0 amide bonds. The summed E-state index contributed by atoms with van der Waals surface area (Å²) in [6, 6.07) is 7.82. The van der Waals surface area contributed by atoms with Gasteiger partial charge in [0.1, 0.15) is 11.9 Å². The third-order valence-corrected chi connectivity index (χ3v) is 5.83. The Morgan fingerprint density at radius 2 is 1.93 bits per heavy atom. The molecule has 1 saturated carbocycles. The van der Waals surface area contributed by atoms with Crippen molar-refractivity contribution in [3.8, 4) is 11.5 Å². The Labute approximate surface area is 174 Å². The van der Waals surface area contributed by atoms with E-state index in [1.54, 1.807) is 0 Å². The van der Waals surface area contributed by atoms with Crippen LogP contribution in [0.15, 0.2) is 48.6 Å². The molecule has 0 aromatic heterocycles. The highest BCUT2D eigenvalue weighted by Gasteiger charge is 2.39. The van der Waals surface area contributed by atoms with E-state index in [-0.39, 0.29) is 30.1 Å². The number of ether oxygens (including phenoxy) is 2. The van der Waals surface area contributed by atoms with Crippen LogP contribution in [0.5, 0.6) is 11.5 Å². The van der Waals surface area contributed by atoms with Crippen LogP contribution in [-0.2, 0) is 4.79 Å². The van der Waals surface area contributed by atoms with Crippen LogP contribution < -0.4 is 9.47 Å². The second-order valence-electron chi connectivity index (χ2n) is 8.10. The number of unbranched alkanes of at least 4 members (excludes halogenated alkanes) is 2. The predicted molar refractivity (Wildman–Crippen MR) is 115 cm³/mol. The third-order valence-electron chi connectivity index (χ3n) is 5.83. The molecule has 0 spiro atoms. The number of Topliss-reactive ketones (excluding diaryl/α,β-unsaturated/α-hetero) is 1. The van der Waals surface area contributed by atoms with Gasteiger partial charge in [0.15, 0.2) is 11.5 Å². The smallest absolute Gasteiger partial charge is 0.162 e. The van der Waals surface area contributed by atoms with Gasteiger partial charge in [-0.3, -0.25) is 4.79 Å². The number of rotatable bonds is 4. The molecule has 0 bridgehead atoms. The van der Waals surface area contributed by atoms with E-state index in [1.165, 1.54) is 0 Å². The van der Waals surface area contributed by atoms with E-state index in [4.69, 9.17) is 9.47 Å². The zero-order valence-electron chi connectivity index (χ0n) is 17.5. The van der Waals surface area contributed by atoms with Gasteiger partial charge < -0.3 is 14.6 Å². The summed E-state index contributed by atoms with van der Waals surface area (Å²) < 4.78 is 12.3. The van der Waals surface area contributed by atoms with Gasteiger partial charge in [0, 0.05) is 18.3 Å². The van der Waals surface area contributed by atoms with Crippen LogP contribution in [0.4, 0.5) is 0 Å². The van der Waals surface area contributed by atoms with Gasteiger partial charge in [-0.25, -0.2) is 0 Å². The zero-order valence-corrected chi connectivity index (χ0v) is 17.5. The minimum absolute atomic E-state index is 0.101. The van der Waals surface area contributed by atoms with Crippen LogP contribution in [0.2, 0.25) is 0 Å². The fourth-order valence-corrected chi connectivity index (χ4v) is 4.14. The molecule has 29 heavy (non-hydrogen) atoms. The number of fused-ring (bicyclic) bond motifs is 2. The van der Waals surface area contributed by atoms with E-state index in [9.17, 15) is 9.90 Å². The molecule has 1 aromatic carbocycles. The summed E-state index contributed by atoms with van der Waals surface area (Å²) >= 11 is 0. The highest BCUT2D eigenvalue weighted by atomic mass is 16.5. The molecule has 1 aliphatic carbocycles. The Bertz CT molecular complexity index is 709. The number of ketones is 1. The SMILES string of the molecule is CCCCC[C@H]1/C=C/[C@H]2[C@H](O)CC(=O)[C@@H]2C/C=C\CCCOc2ccccc2O1. The second-order valence-corrected chi connectivity index (χ2v) is 8.10. The van der Waals surface area contributed by atoms with Crippen molar-refractivity contribution in [3.05, 3.63) is 48.6 Å². The minimum atomic E-state index is -0.597. The average Bonchev–Trinajstić information content (AvgIpc) is 2.98. The molecular weight excluding hydrogens is 364 g/mol. The minimum Gasteiger partial charge on any atom is -0.490 e. The summed E-state index contributed by atoms with van der Waals surface area (Å²) in [5, 5.41) is 10.4. The van der Waals surface area contributed by atoms with Gasteiger partial charge in [0.25, 0.3) is 0 Å². The largest absolute Gasteiger partial charge is 0.490 e. The summed E-state index contributed by atoms with van der Waals surface area (Å²) in [5.41, 5.74) is 0. The standard InChI is InChI=1S/C25H34O4/c1-2-3-6-11-19-15-16-21-20(22(26)18-23(21)27)12-7-4-5-10-17-28-24-13-8-9-14-25(24)29-19/h4,7-9,13-16,19-21,23,27H,2-3,5-6,10-12,17-18H2,1H3/b7-4-,16-15+/t19-,20+,21+,23+/m0/s1. The van der Waals surface area contributed by atoms with Crippen molar-refractivity contribution in [1.82, 2.24) is 0 Å². The number of hydrogen-bond acceptors (Lipinski definition) is 4. The highest BCUT2D eigenvalue weighted by Crippen LogP contribution is 2.34. The van der Waals surface area contributed by atoms with Gasteiger partial charge in [-0.05, 0) is 50.3 Å². The molecule has 0 radical (unpaired) electrons. The van der Waals surface area contributed by atoms with Crippen LogP contribution in [0.3, 0.4) is 0 Å².